The van der Waals surface area contributed by atoms with Crippen molar-refractivity contribution >= 4 is 62.1 Å². The van der Waals surface area contributed by atoms with Gasteiger partial charge in [0.25, 0.3) is 15.9 Å². The van der Waals surface area contributed by atoms with Crippen molar-refractivity contribution in [2.24, 2.45) is 0 Å². The molecule has 32 heavy (non-hydrogen) atoms. The van der Waals surface area contributed by atoms with E-state index in [4.69, 9.17) is 23.2 Å². The van der Waals surface area contributed by atoms with Gasteiger partial charge < -0.3 is 10.6 Å². The van der Waals surface area contributed by atoms with Crippen LogP contribution >= 0.6 is 23.2 Å². The predicted octanol–water partition coefficient (Wildman–Crippen LogP) is 5.14. The van der Waals surface area contributed by atoms with Crippen LogP contribution in [0.15, 0.2) is 65.6 Å². The Morgan fingerprint density at radius 2 is 1.47 bits per heavy atom. The molecule has 0 aliphatic heterocycles. The highest BCUT2D eigenvalue weighted by Crippen LogP contribution is 2.29. The summed E-state index contributed by atoms with van der Waals surface area (Å²) in [5.74, 6) is -1.46. The van der Waals surface area contributed by atoms with Crippen LogP contribution in [-0.2, 0) is 14.8 Å². The lowest BCUT2D eigenvalue weighted by atomic mass is 10.2. The zero-order valence-corrected chi connectivity index (χ0v) is 18.8. The Balaban J connectivity index is 1.84. The van der Waals surface area contributed by atoms with Crippen LogP contribution in [-0.4, -0.2) is 20.2 Å². The van der Waals surface area contributed by atoms with Gasteiger partial charge >= 0.3 is 0 Å². The number of sulfonamides is 1. The molecule has 0 saturated heterocycles. The zero-order valence-electron chi connectivity index (χ0n) is 16.4. The first kappa shape index (κ1) is 23.5. The Morgan fingerprint density at radius 3 is 2.12 bits per heavy atom. The molecule has 0 spiro atoms. The molecule has 3 N–H and O–H groups in total. The van der Waals surface area contributed by atoms with Crippen molar-refractivity contribution in [1.82, 2.24) is 0 Å². The van der Waals surface area contributed by atoms with Crippen LogP contribution in [0.1, 0.15) is 17.3 Å². The number of nitrogens with one attached hydrogen (secondary N) is 3. The van der Waals surface area contributed by atoms with Crippen molar-refractivity contribution in [3.63, 3.8) is 0 Å². The molecule has 0 aliphatic carbocycles. The molecule has 0 unspecified atom stereocenters. The van der Waals surface area contributed by atoms with Gasteiger partial charge in [-0.15, -0.1) is 0 Å². The van der Waals surface area contributed by atoms with E-state index in [0.29, 0.717) is 5.69 Å². The molecule has 11 heteroatoms. The number of carbonyl (C=O) groups is 2. The van der Waals surface area contributed by atoms with Gasteiger partial charge in [0.1, 0.15) is 5.82 Å². The Bertz CT molecular complexity index is 1300. The van der Waals surface area contributed by atoms with Crippen molar-refractivity contribution in [1.29, 1.82) is 0 Å². The molecule has 3 rings (SSSR count). The van der Waals surface area contributed by atoms with Crippen LogP contribution in [0.4, 0.5) is 21.5 Å². The van der Waals surface area contributed by atoms with E-state index in [1.165, 1.54) is 37.3 Å². The van der Waals surface area contributed by atoms with Crippen LogP contribution in [0.5, 0.6) is 0 Å². The smallest absolute Gasteiger partial charge is 0.261 e. The van der Waals surface area contributed by atoms with Crippen LogP contribution in [0, 0.1) is 5.82 Å². The molecule has 3 aromatic rings. The summed E-state index contributed by atoms with van der Waals surface area (Å²) in [6.07, 6.45) is 0. The molecule has 0 saturated carbocycles. The fourth-order valence-electron chi connectivity index (χ4n) is 2.66. The molecule has 0 atom stereocenters. The van der Waals surface area contributed by atoms with Gasteiger partial charge in [0.05, 0.1) is 26.3 Å². The maximum Gasteiger partial charge on any atom is 0.261 e. The van der Waals surface area contributed by atoms with Crippen LogP contribution in [0.3, 0.4) is 0 Å². The summed E-state index contributed by atoms with van der Waals surface area (Å²) in [6, 6.07) is 12.8. The summed E-state index contributed by atoms with van der Waals surface area (Å²) in [7, 11) is -4.07. The molecule has 0 bridgehead atoms. The van der Waals surface area contributed by atoms with Crippen molar-refractivity contribution in [2.45, 2.75) is 11.8 Å². The summed E-state index contributed by atoms with van der Waals surface area (Å²) in [5.41, 5.74) is 0.723. The summed E-state index contributed by atoms with van der Waals surface area (Å²) < 4.78 is 40.5. The van der Waals surface area contributed by atoms with Gasteiger partial charge in [-0.3, -0.25) is 14.3 Å². The fourth-order valence-corrected chi connectivity index (χ4v) is 4.11. The summed E-state index contributed by atoms with van der Waals surface area (Å²) in [6.45, 7) is 1.34. The number of halogens is 3. The third-order valence-corrected chi connectivity index (χ3v) is 6.17. The van der Waals surface area contributed by atoms with Crippen molar-refractivity contribution in [2.75, 3.05) is 15.4 Å². The van der Waals surface area contributed by atoms with E-state index in [1.807, 2.05) is 0 Å². The zero-order chi connectivity index (χ0) is 23.5. The first-order valence-corrected chi connectivity index (χ1v) is 11.3. The van der Waals surface area contributed by atoms with Crippen molar-refractivity contribution in [3.05, 3.63) is 82.1 Å². The fraction of sp³-hybridized carbons (Fsp3) is 0.0476. The van der Waals surface area contributed by atoms with Gasteiger partial charge in [-0.1, -0.05) is 23.2 Å². The molecule has 0 aliphatic rings. The summed E-state index contributed by atoms with van der Waals surface area (Å²) >= 11 is 12.2. The number of carbonyl (C=O) groups excluding carboxylic acids is 2. The lowest BCUT2D eigenvalue weighted by molar-refractivity contribution is -0.114. The summed E-state index contributed by atoms with van der Waals surface area (Å²) in [5, 5.41) is 5.47. The number of hydrogen-bond donors (Lipinski definition) is 3. The minimum Gasteiger partial charge on any atom is -0.326 e. The molecule has 2 amide bonds. The third kappa shape index (κ3) is 5.76. The average Bonchev–Trinajstić information content (AvgIpc) is 2.72. The van der Waals surface area contributed by atoms with Gasteiger partial charge in [0, 0.05) is 18.2 Å². The lowest BCUT2D eigenvalue weighted by Gasteiger charge is -2.13. The van der Waals surface area contributed by atoms with E-state index < -0.39 is 21.7 Å². The SMILES string of the molecule is CC(=O)Nc1ccc(Cl)c(NC(=O)c2ccc(Cl)c(NS(=O)(=O)c3ccc(F)cc3)c2)c1. The van der Waals surface area contributed by atoms with Gasteiger partial charge in [-0.25, -0.2) is 12.8 Å². The highest BCUT2D eigenvalue weighted by atomic mass is 35.5. The molecule has 166 valence electrons. The van der Waals surface area contributed by atoms with Crippen LogP contribution in [0.25, 0.3) is 0 Å². The number of anilines is 3. The molecular formula is C21H16Cl2FN3O4S. The second kappa shape index (κ2) is 9.56. The van der Waals surface area contributed by atoms with E-state index >= 15 is 0 Å². The minimum absolute atomic E-state index is 0.0401. The largest absolute Gasteiger partial charge is 0.326 e. The highest BCUT2D eigenvalue weighted by Gasteiger charge is 2.18. The van der Waals surface area contributed by atoms with Gasteiger partial charge in [0.15, 0.2) is 0 Å². The number of amides is 2. The lowest BCUT2D eigenvalue weighted by Crippen LogP contribution is -2.16. The molecule has 7 nitrogen and oxygen atoms in total. The standard InChI is InChI=1S/C21H16Cl2FN3O4S/c1-12(28)25-15-5-9-17(22)19(11-15)26-21(29)13-2-8-18(23)20(10-13)27-32(30,31)16-6-3-14(24)4-7-16/h2-11,27H,1H3,(H,25,28)(H,26,29). The number of hydrogen-bond acceptors (Lipinski definition) is 4. The normalized spacial score (nSPS) is 11.0. The van der Waals surface area contributed by atoms with E-state index in [2.05, 4.69) is 15.4 Å². The van der Waals surface area contributed by atoms with Gasteiger partial charge in [-0.2, -0.15) is 0 Å². The molecule has 0 radical (unpaired) electrons. The second-order valence-electron chi connectivity index (χ2n) is 6.58. The predicted molar refractivity (Wildman–Crippen MR) is 122 cm³/mol. The number of rotatable bonds is 6. The van der Waals surface area contributed by atoms with E-state index in [0.717, 1.165) is 24.3 Å². The second-order valence-corrected chi connectivity index (χ2v) is 9.08. The first-order valence-electron chi connectivity index (χ1n) is 9.01. The maximum absolute atomic E-state index is 13.1. The molecular weight excluding hydrogens is 480 g/mol. The third-order valence-electron chi connectivity index (χ3n) is 4.13. The minimum atomic E-state index is -4.07. The maximum atomic E-state index is 13.1. The van der Waals surface area contributed by atoms with Crippen LogP contribution in [0.2, 0.25) is 10.0 Å². The summed E-state index contributed by atoms with van der Waals surface area (Å²) in [4.78, 5) is 23.8. The monoisotopic (exact) mass is 495 g/mol. The van der Waals surface area contributed by atoms with Crippen molar-refractivity contribution in [3.8, 4) is 0 Å². The van der Waals surface area contributed by atoms with E-state index in [1.54, 1.807) is 6.07 Å². The molecule has 0 heterocycles. The Morgan fingerprint density at radius 1 is 0.844 bits per heavy atom. The van der Waals surface area contributed by atoms with Gasteiger partial charge in [-0.05, 0) is 60.7 Å². The topological polar surface area (TPSA) is 104 Å². The highest BCUT2D eigenvalue weighted by molar-refractivity contribution is 7.92. The Kier molecular flexibility index (Phi) is 7.02. The number of benzene rings is 3. The first-order chi connectivity index (χ1) is 15.0. The van der Waals surface area contributed by atoms with E-state index in [-0.39, 0.29) is 37.8 Å². The van der Waals surface area contributed by atoms with Crippen molar-refractivity contribution < 1.29 is 22.4 Å². The van der Waals surface area contributed by atoms with Crippen LogP contribution < -0.4 is 15.4 Å². The molecule has 0 aromatic heterocycles. The molecule has 3 aromatic carbocycles. The van der Waals surface area contributed by atoms with E-state index in [9.17, 15) is 22.4 Å². The average molecular weight is 496 g/mol. The Labute approximate surface area is 193 Å². The molecule has 0 fully saturated rings. The van der Waals surface area contributed by atoms with Gasteiger partial charge in [0.2, 0.25) is 5.91 Å². The Hall–Kier alpha value is -3.14. The quantitative estimate of drug-likeness (QED) is 0.440.